The van der Waals surface area contributed by atoms with E-state index in [0.717, 1.165) is 5.56 Å². The van der Waals surface area contributed by atoms with Crippen LogP contribution in [0.25, 0.3) is 0 Å². The average molecular weight is 379 g/mol. The lowest BCUT2D eigenvalue weighted by atomic mass is 10.1. The number of rotatable bonds is 4. The number of carbonyl (C=O) groups excluding carboxylic acids is 1. The first-order valence-corrected chi connectivity index (χ1v) is 10.0. The maximum absolute atomic E-state index is 12.5. The van der Waals surface area contributed by atoms with Crippen LogP contribution < -0.4 is 9.62 Å². The molecule has 0 radical (unpaired) electrons. The number of nitrogens with one attached hydrogen (secondary N) is 1. The van der Waals surface area contributed by atoms with Gasteiger partial charge in [0.2, 0.25) is 10.0 Å². The zero-order valence-corrected chi connectivity index (χ0v) is 15.6. The lowest BCUT2D eigenvalue weighted by molar-refractivity contribution is 0.102. The van der Waals surface area contributed by atoms with Crippen LogP contribution in [0.5, 0.6) is 0 Å². The molecule has 1 amide bonds. The Morgan fingerprint density at radius 3 is 2.68 bits per heavy atom. The summed E-state index contributed by atoms with van der Waals surface area (Å²) in [5.74, 6) is -0.230. The molecule has 1 aliphatic heterocycles. The van der Waals surface area contributed by atoms with Gasteiger partial charge in [-0.1, -0.05) is 23.7 Å². The van der Waals surface area contributed by atoms with Crippen molar-refractivity contribution in [1.29, 1.82) is 0 Å². The molecule has 2 aromatic carbocycles. The van der Waals surface area contributed by atoms with Crippen LogP contribution in [-0.2, 0) is 16.4 Å². The number of nitrogens with zero attached hydrogens (tertiary/aromatic N) is 1. The summed E-state index contributed by atoms with van der Waals surface area (Å²) in [6.07, 6.45) is 0.585. The van der Waals surface area contributed by atoms with Crippen LogP contribution in [0.2, 0.25) is 5.02 Å². The first-order valence-electron chi connectivity index (χ1n) is 8.04. The molecule has 7 heteroatoms. The van der Waals surface area contributed by atoms with Gasteiger partial charge in [0.05, 0.1) is 22.2 Å². The van der Waals surface area contributed by atoms with Crippen LogP contribution in [-0.4, -0.2) is 26.1 Å². The Hall–Kier alpha value is -2.05. The fraction of sp³-hybridized carbons (Fsp3) is 0.278. The van der Waals surface area contributed by atoms with Gasteiger partial charge >= 0.3 is 0 Å². The zero-order chi connectivity index (χ0) is 18.2. The van der Waals surface area contributed by atoms with Gasteiger partial charge in [-0.15, -0.1) is 0 Å². The third-order valence-electron chi connectivity index (χ3n) is 4.28. The van der Waals surface area contributed by atoms with Gasteiger partial charge in [-0.3, -0.25) is 9.10 Å². The van der Waals surface area contributed by atoms with Crippen molar-refractivity contribution in [2.45, 2.75) is 26.3 Å². The van der Waals surface area contributed by atoms with E-state index in [1.165, 1.54) is 4.31 Å². The van der Waals surface area contributed by atoms with E-state index in [1.54, 1.807) is 49.4 Å². The van der Waals surface area contributed by atoms with Crippen molar-refractivity contribution in [3.8, 4) is 0 Å². The first-order chi connectivity index (χ1) is 11.8. The van der Waals surface area contributed by atoms with E-state index < -0.39 is 10.0 Å². The van der Waals surface area contributed by atoms with Gasteiger partial charge in [-0.25, -0.2) is 8.42 Å². The molecule has 2 aromatic rings. The molecule has 0 unspecified atom stereocenters. The molecule has 1 N–H and O–H groups in total. The van der Waals surface area contributed by atoms with Gasteiger partial charge < -0.3 is 5.32 Å². The van der Waals surface area contributed by atoms with Gasteiger partial charge in [-0.05, 0) is 56.2 Å². The number of benzene rings is 2. The first kappa shape index (κ1) is 17.8. The topological polar surface area (TPSA) is 66.5 Å². The average Bonchev–Trinajstić information content (AvgIpc) is 2.92. The number of carbonyl (C=O) groups is 1. The van der Waals surface area contributed by atoms with Crippen molar-refractivity contribution in [1.82, 2.24) is 0 Å². The van der Waals surface area contributed by atoms with Crippen LogP contribution in [0.15, 0.2) is 42.5 Å². The van der Waals surface area contributed by atoms with E-state index in [-0.39, 0.29) is 17.7 Å². The third-order valence-corrected chi connectivity index (χ3v) is 6.50. The molecule has 0 fully saturated rings. The highest BCUT2D eigenvalue weighted by Gasteiger charge is 2.34. The van der Waals surface area contributed by atoms with Gasteiger partial charge in [0.25, 0.3) is 5.91 Å². The smallest absolute Gasteiger partial charge is 0.255 e. The highest BCUT2D eigenvalue weighted by molar-refractivity contribution is 7.92. The summed E-state index contributed by atoms with van der Waals surface area (Å²) in [7, 11) is -3.33. The van der Waals surface area contributed by atoms with Crippen molar-refractivity contribution in [3.05, 3.63) is 58.6 Å². The monoisotopic (exact) mass is 378 g/mol. The van der Waals surface area contributed by atoms with E-state index in [4.69, 9.17) is 11.6 Å². The minimum atomic E-state index is -3.33. The SMILES string of the molecule is CCS(=O)(=O)N1c2ccc(C(=O)Nc3ccccc3Cl)cc2C[C@@H]1C. The van der Waals surface area contributed by atoms with Gasteiger partial charge in [0.15, 0.2) is 0 Å². The summed E-state index contributed by atoms with van der Waals surface area (Å²) in [4.78, 5) is 12.5. The Morgan fingerprint density at radius 1 is 1.28 bits per heavy atom. The lowest BCUT2D eigenvalue weighted by Crippen LogP contribution is -2.36. The van der Waals surface area contributed by atoms with Crippen molar-refractivity contribution in [2.75, 3.05) is 15.4 Å². The number of hydrogen-bond donors (Lipinski definition) is 1. The quantitative estimate of drug-likeness (QED) is 0.882. The predicted octanol–water partition coefficient (Wildman–Crippen LogP) is 3.69. The van der Waals surface area contributed by atoms with Crippen molar-refractivity contribution < 1.29 is 13.2 Å². The Balaban J connectivity index is 1.89. The Morgan fingerprint density at radius 2 is 2.00 bits per heavy atom. The molecule has 0 saturated carbocycles. The fourth-order valence-corrected chi connectivity index (χ4v) is 4.63. The largest absolute Gasteiger partial charge is 0.321 e. The van der Waals surface area contributed by atoms with Crippen LogP contribution in [0.3, 0.4) is 0 Å². The van der Waals surface area contributed by atoms with E-state index >= 15 is 0 Å². The van der Waals surface area contributed by atoms with Crippen molar-refractivity contribution in [2.24, 2.45) is 0 Å². The summed E-state index contributed by atoms with van der Waals surface area (Å²) in [5.41, 5.74) is 2.53. The second-order valence-electron chi connectivity index (χ2n) is 6.03. The van der Waals surface area contributed by atoms with Crippen LogP contribution in [0.4, 0.5) is 11.4 Å². The summed E-state index contributed by atoms with van der Waals surface area (Å²) in [6.45, 7) is 3.50. The minimum Gasteiger partial charge on any atom is -0.321 e. The Labute approximate surface area is 152 Å². The Bertz CT molecular complexity index is 928. The molecule has 3 rings (SSSR count). The number of anilines is 2. The van der Waals surface area contributed by atoms with Crippen molar-refractivity contribution in [3.63, 3.8) is 0 Å². The number of para-hydroxylation sites is 1. The highest BCUT2D eigenvalue weighted by Crippen LogP contribution is 2.35. The fourth-order valence-electron chi connectivity index (χ4n) is 3.06. The molecule has 1 heterocycles. The molecule has 1 aliphatic rings. The molecule has 0 bridgehead atoms. The van der Waals surface area contributed by atoms with Crippen LogP contribution in [0.1, 0.15) is 29.8 Å². The molecule has 0 spiro atoms. The standard InChI is InChI=1S/C18H19ClN2O3S/c1-3-25(23,24)21-12(2)10-14-11-13(8-9-17(14)21)18(22)20-16-7-5-4-6-15(16)19/h4-9,11-12H,3,10H2,1-2H3,(H,20,22)/t12-/m0/s1. The van der Waals surface area contributed by atoms with Crippen LogP contribution in [0, 0.1) is 0 Å². The molecule has 25 heavy (non-hydrogen) atoms. The number of hydrogen-bond acceptors (Lipinski definition) is 3. The van der Waals surface area contributed by atoms with E-state index in [1.807, 2.05) is 6.92 Å². The van der Waals surface area contributed by atoms with Gasteiger partial charge in [0.1, 0.15) is 0 Å². The normalized spacial score (nSPS) is 16.6. The number of sulfonamides is 1. The molecular formula is C18H19ClN2O3S. The minimum absolute atomic E-state index is 0.0471. The number of amides is 1. The second kappa shape index (κ2) is 6.69. The van der Waals surface area contributed by atoms with E-state index in [2.05, 4.69) is 5.32 Å². The summed E-state index contributed by atoms with van der Waals surface area (Å²) < 4.78 is 26.1. The third kappa shape index (κ3) is 3.37. The Kier molecular flexibility index (Phi) is 4.75. The highest BCUT2D eigenvalue weighted by atomic mass is 35.5. The summed E-state index contributed by atoms with van der Waals surface area (Å²) in [6, 6.07) is 12.0. The maximum atomic E-state index is 12.5. The summed E-state index contributed by atoms with van der Waals surface area (Å²) in [5, 5.41) is 3.24. The lowest BCUT2D eigenvalue weighted by Gasteiger charge is -2.23. The molecular weight excluding hydrogens is 360 g/mol. The van der Waals surface area contributed by atoms with Gasteiger partial charge in [0, 0.05) is 11.6 Å². The van der Waals surface area contributed by atoms with E-state index in [9.17, 15) is 13.2 Å². The molecule has 0 aromatic heterocycles. The number of fused-ring (bicyclic) bond motifs is 1. The molecule has 1 atom stereocenters. The number of halogens is 1. The second-order valence-corrected chi connectivity index (χ2v) is 8.57. The summed E-state index contributed by atoms with van der Waals surface area (Å²) >= 11 is 6.07. The molecule has 132 valence electrons. The zero-order valence-electron chi connectivity index (χ0n) is 14.0. The molecule has 0 saturated heterocycles. The molecule has 5 nitrogen and oxygen atoms in total. The van der Waals surface area contributed by atoms with Crippen LogP contribution >= 0.6 is 11.6 Å². The van der Waals surface area contributed by atoms with E-state index in [0.29, 0.717) is 28.4 Å². The maximum Gasteiger partial charge on any atom is 0.255 e. The predicted molar refractivity (Wildman–Crippen MR) is 101 cm³/mol. The molecule has 0 aliphatic carbocycles. The van der Waals surface area contributed by atoms with Crippen molar-refractivity contribution >= 4 is 38.9 Å². The van der Waals surface area contributed by atoms with Gasteiger partial charge in [-0.2, -0.15) is 0 Å².